The van der Waals surface area contributed by atoms with E-state index < -0.39 is 17.4 Å². The molecule has 0 saturated carbocycles. The Labute approximate surface area is 174 Å². The predicted octanol–water partition coefficient (Wildman–Crippen LogP) is 3.34. The highest BCUT2D eigenvalue weighted by Crippen LogP contribution is 2.22. The predicted molar refractivity (Wildman–Crippen MR) is 114 cm³/mol. The number of nitrogens with one attached hydrogen (secondary N) is 1. The number of ether oxygens (including phenoxy) is 1. The number of hydrogen-bond acceptors (Lipinski definition) is 5. The largest absolute Gasteiger partial charge is 0.462 e. The Bertz CT molecular complexity index is 1150. The molecule has 7 heteroatoms. The fourth-order valence-corrected chi connectivity index (χ4v) is 3.02. The van der Waals surface area contributed by atoms with Gasteiger partial charge in [0.05, 0.1) is 23.6 Å². The van der Waals surface area contributed by atoms with Crippen molar-refractivity contribution < 1.29 is 14.3 Å². The summed E-state index contributed by atoms with van der Waals surface area (Å²) in [6, 6.07) is 15.6. The number of esters is 1. The van der Waals surface area contributed by atoms with Gasteiger partial charge in [-0.15, -0.1) is 0 Å². The van der Waals surface area contributed by atoms with Crippen LogP contribution in [0.3, 0.4) is 0 Å². The first-order valence-electron chi connectivity index (χ1n) is 9.61. The molecule has 0 radical (unpaired) electrons. The van der Waals surface area contributed by atoms with Crippen molar-refractivity contribution in [3.8, 4) is 11.3 Å². The molecule has 0 spiro atoms. The van der Waals surface area contributed by atoms with Gasteiger partial charge in [0.15, 0.2) is 0 Å². The number of amides is 1. The van der Waals surface area contributed by atoms with Gasteiger partial charge in [-0.3, -0.25) is 9.59 Å². The van der Waals surface area contributed by atoms with E-state index in [9.17, 15) is 14.4 Å². The molecule has 2 aromatic carbocycles. The minimum atomic E-state index is -0.527. The maximum atomic E-state index is 12.6. The molecule has 154 valence electrons. The maximum absolute atomic E-state index is 12.6. The number of anilines is 1. The summed E-state index contributed by atoms with van der Waals surface area (Å²) in [4.78, 5) is 36.9. The van der Waals surface area contributed by atoms with Gasteiger partial charge >= 0.3 is 5.97 Å². The fraction of sp³-hybridized carbons (Fsp3) is 0.217. The van der Waals surface area contributed by atoms with Crippen molar-refractivity contribution in [3.05, 3.63) is 81.6 Å². The molecule has 1 N–H and O–H groups in total. The van der Waals surface area contributed by atoms with Crippen molar-refractivity contribution in [1.29, 1.82) is 0 Å². The van der Waals surface area contributed by atoms with Gasteiger partial charge in [-0.25, -0.2) is 9.48 Å². The van der Waals surface area contributed by atoms with E-state index in [0.29, 0.717) is 11.4 Å². The second-order valence-electron chi connectivity index (χ2n) is 6.85. The van der Waals surface area contributed by atoms with Gasteiger partial charge < -0.3 is 10.1 Å². The summed E-state index contributed by atoms with van der Waals surface area (Å²) < 4.78 is 6.13. The van der Waals surface area contributed by atoms with E-state index in [-0.39, 0.29) is 18.7 Å². The molecule has 3 rings (SSSR count). The van der Waals surface area contributed by atoms with E-state index in [0.717, 1.165) is 21.4 Å². The number of carbonyl (C=O) groups excluding carboxylic acids is 2. The minimum Gasteiger partial charge on any atom is -0.462 e. The SMILES string of the molecule is CCOC(=O)c1ccccc1NC(=O)Cn1nc(-c2cc(C)ccc2C)ccc1=O. The lowest BCUT2D eigenvalue weighted by Gasteiger charge is -2.12. The number of nitrogens with zero attached hydrogens (tertiary/aromatic N) is 2. The number of aryl methyl sites for hydroxylation is 2. The third kappa shape index (κ3) is 4.81. The summed E-state index contributed by atoms with van der Waals surface area (Å²) >= 11 is 0. The van der Waals surface area contributed by atoms with Gasteiger partial charge in [-0.05, 0) is 50.6 Å². The maximum Gasteiger partial charge on any atom is 0.340 e. The average Bonchev–Trinajstić information content (AvgIpc) is 2.72. The van der Waals surface area contributed by atoms with E-state index >= 15 is 0 Å². The van der Waals surface area contributed by atoms with Gasteiger partial charge in [0.2, 0.25) is 5.91 Å². The van der Waals surface area contributed by atoms with Crippen LogP contribution in [0.5, 0.6) is 0 Å². The standard InChI is InChI=1S/C23H23N3O4/c1-4-30-23(29)17-7-5-6-8-19(17)24-21(27)14-26-22(28)12-11-20(25-26)18-13-15(2)9-10-16(18)3/h5-13H,4,14H2,1-3H3,(H,24,27). The summed E-state index contributed by atoms with van der Waals surface area (Å²) in [5.74, 6) is -1.000. The zero-order valence-electron chi connectivity index (χ0n) is 17.1. The normalized spacial score (nSPS) is 10.5. The molecule has 0 fully saturated rings. The van der Waals surface area contributed by atoms with Gasteiger partial charge in [-0.2, -0.15) is 5.10 Å². The van der Waals surface area contributed by atoms with Crippen LogP contribution >= 0.6 is 0 Å². The first kappa shape index (κ1) is 21.0. The second-order valence-corrected chi connectivity index (χ2v) is 6.85. The van der Waals surface area contributed by atoms with E-state index in [1.165, 1.54) is 6.07 Å². The topological polar surface area (TPSA) is 90.3 Å². The molecule has 30 heavy (non-hydrogen) atoms. The molecule has 3 aromatic rings. The lowest BCUT2D eigenvalue weighted by Crippen LogP contribution is -2.29. The molecule has 1 amide bonds. The lowest BCUT2D eigenvalue weighted by molar-refractivity contribution is -0.117. The third-order valence-corrected chi connectivity index (χ3v) is 4.53. The fourth-order valence-electron chi connectivity index (χ4n) is 3.02. The summed E-state index contributed by atoms with van der Waals surface area (Å²) in [5, 5.41) is 7.03. The van der Waals surface area contributed by atoms with Crippen molar-refractivity contribution in [3.63, 3.8) is 0 Å². The Morgan fingerprint density at radius 1 is 1.07 bits per heavy atom. The zero-order valence-corrected chi connectivity index (χ0v) is 17.1. The van der Waals surface area contributed by atoms with E-state index in [1.54, 1.807) is 37.3 Å². The van der Waals surface area contributed by atoms with Gasteiger partial charge in [0, 0.05) is 11.6 Å². The van der Waals surface area contributed by atoms with Crippen molar-refractivity contribution >= 4 is 17.6 Å². The Hall–Kier alpha value is -3.74. The summed E-state index contributed by atoms with van der Waals surface area (Å²) in [5.41, 5.74) is 3.77. The quantitative estimate of drug-likeness (QED) is 0.635. The van der Waals surface area contributed by atoms with Crippen molar-refractivity contribution in [1.82, 2.24) is 9.78 Å². The van der Waals surface area contributed by atoms with Crippen molar-refractivity contribution in [2.45, 2.75) is 27.3 Å². The first-order chi connectivity index (χ1) is 14.4. The van der Waals surface area contributed by atoms with Crippen LogP contribution < -0.4 is 10.9 Å². The van der Waals surface area contributed by atoms with Gasteiger partial charge in [-0.1, -0.05) is 29.8 Å². The molecule has 7 nitrogen and oxygen atoms in total. The molecule has 0 aliphatic heterocycles. The van der Waals surface area contributed by atoms with E-state index in [1.807, 2.05) is 32.0 Å². The van der Waals surface area contributed by atoms with Crippen molar-refractivity contribution in [2.75, 3.05) is 11.9 Å². The molecule has 0 atom stereocenters. The van der Waals surface area contributed by atoms with Crippen molar-refractivity contribution in [2.24, 2.45) is 0 Å². The summed E-state index contributed by atoms with van der Waals surface area (Å²) in [6.45, 7) is 5.60. The number of carbonyl (C=O) groups is 2. The Morgan fingerprint density at radius 2 is 1.83 bits per heavy atom. The van der Waals surface area contributed by atoms with Crippen LogP contribution in [0.15, 0.2) is 59.4 Å². The first-order valence-corrected chi connectivity index (χ1v) is 9.61. The highest BCUT2D eigenvalue weighted by molar-refractivity contribution is 6.01. The Kier molecular flexibility index (Phi) is 6.41. The molecule has 0 unspecified atom stereocenters. The zero-order chi connectivity index (χ0) is 21.7. The molecule has 0 aliphatic carbocycles. The number of aromatic nitrogens is 2. The van der Waals surface area contributed by atoms with Crippen LogP contribution in [-0.4, -0.2) is 28.3 Å². The highest BCUT2D eigenvalue weighted by atomic mass is 16.5. The molecule has 0 bridgehead atoms. The van der Waals surface area contributed by atoms with Gasteiger partial charge in [0.1, 0.15) is 6.54 Å². The van der Waals surface area contributed by atoms with Crippen LogP contribution in [0.1, 0.15) is 28.4 Å². The number of benzene rings is 2. The van der Waals surface area contributed by atoms with Crippen LogP contribution in [0.2, 0.25) is 0 Å². The molecule has 1 aromatic heterocycles. The molecule has 0 aliphatic rings. The second kappa shape index (κ2) is 9.17. The van der Waals surface area contributed by atoms with E-state index in [2.05, 4.69) is 10.4 Å². The lowest BCUT2D eigenvalue weighted by atomic mass is 10.0. The van der Waals surface area contributed by atoms with Crippen LogP contribution in [0, 0.1) is 13.8 Å². The molecular formula is C23H23N3O4. The monoisotopic (exact) mass is 405 g/mol. The van der Waals surface area contributed by atoms with E-state index in [4.69, 9.17) is 4.74 Å². The Morgan fingerprint density at radius 3 is 2.60 bits per heavy atom. The third-order valence-electron chi connectivity index (χ3n) is 4.53. The van der Waals surface area contributed by atoms with Crippen LogP contribution in [-0.2, 0) is 16.1 Å². The summed E-state index contributed by atoms with van der Waals surface area (Å²) in [7, 11) is 0. The number of rotatable bonds is 6. The average molecular weight is 405 g/mol. The van der Waals surface area contributed by atoms with Crippen LogP contribution in [0.4, 0.5) is 5.69 Å². The molecule has 1 heterocycles. The Balaban J connectivity index is 1.84. The summed E-state index contributed by atoms with van der Waals surface area (Å²) in [6.07, 6.45) is 0. The molecule has 0 saturated heterocycles. The smallest absolute Gasteiger partial charge is 0.340 e. The number of hydrogen-bond donors (Lipinski definition) is 1. The highest BCUT2D eigenvalue weighted by Gasteiger charge is 2.15. The number of para-hydroxylation sites is 1. The minimum absolute atomic E-state index is 0.228. The van der Waals surface area contributed by atoms with Gasteiger partial charge in [0.25, 0.3) is 5.56 Å². The molecular weight excluding hydrogens is 382 g/mol. The van der Waals surface area contributed by atoms with Crippen LogP contribution in [0.25, 0.3) is 11.3 Å².